The number of carbonyl (C=O) groups is 1. The lowest BCUT2D eigenvalue weighted by Crippen LogP contribution is -2.35. The molecule has 0 atom stereocenters. The molecule has 0 aromatic rings. The molecule has 0 saturated heterocycles. The lowest BCUT2D eigenvalue weighted by Gasteiger charge is -2.19. The Morgan fingerprint density at radius 3 is 1.80 bits per heavy atom. The molecule has 15 heavy (non-hydrogen) atoms. The third-order valence-corrected chi connectivity index (χ3v) is 3.74. The molecule has 1 rings (SSSR count). The van der Waals surface area contributed by atoms with E-state index in [-0.39, 0.29) is 28.3 Å². The van der Waals surface area contributed by atoms with Crippen LogP contribution in [0.3, 0.4) is 0 Å². The molecule has 1 amide bonds. The number of nitrogens with one attached hydrogen (secondary N) is 1. The van der Waals surface area contributed by atoms with Gasteiger partial charge in [-0.1, -0.05) is 27.7 Å². The van der Waals surface area contributed by atoms with Crippen molar-refractivity contribution >= 4 is 5.91 Å². The van der Waals surface area contributed by atoms with Crippen LogP contribution in [0.4, 0.5) is 0 Å². The Bertz CT molecular complexity index is 260. The lowest BCUT2D eigenvalue weighted by molar-refractivity contribution is -0.148. The molecule has 0 aromatic heterocycles. The molecule has 0 unspecified atom stereocenters. The van der Waals surface area contributed by atoms with E-state index in [2.05, 4.69) is 33.2 Å². The molecule has 3 heteroatoms. The molecule has 88 valence electrons. The second-order valence-corrected chi connectivity index (χ2v) is 6.56. The van der Waals surface area contributed by atoms with Gasteiger partial charge in [-0.15, -0.1) is 0 Å². The van der Waals surface area contributed by atoms with Crippen molar-refractivity contribution in [3.05, 3.63) is 0 Å². The van der Waals surface area contributed by atoms with Gasteiger partial charge in [0.1, 0.15) is 0 Å². The zero-order valence-electron chi connectivity index (χ0n) is 10.9. The fourth-order valence-corrected chi connectivity index (χ4v) is 2.11. The zero-order valence-corrected chi connectivity index (χ0v) is 10.9. The predicted octanol–water partition coefficient (Wildman–Crippen LogP) is 2.51. The monoisotopic (exact) mass is 213 g/mol. The number of hydrogen-bond donors (Lipinski definition) is 1. The number of amides is 1. The Morgan fingerprint density at radius 1 is 1.13 bits per heavy atom. The summed E-state index contributed by atoms with van der Waals surface area (Å²) in [5.41, 5.74) is 2.36. The molecule has 0 bridgehead atoms. The minimum absolute atomic E-state index is 0.0000694. The second-order valence-electron chi connectivity index (χ2n) is 6.56. The summed E-state index contributed by atoms with van der Waals surface area (Å²) >= 11 is 0. The van der Waals surface area contributed by atoms with E-state index in [1.165, 1.54) is 0 Å². The van der Waals surface area contributed by atoms with Crippen LogP contribution in [0.2, 0.25) is 0 Å². The molecule has 1 aliphatic carbocycles. The van der Waals surface area contributed by atoms with E-state index < -0.39 is 0 Å². The van der Waals surface area contributed by atoms with Crippen LogP contribution in [0.1, 0.15) is 48.5 Å². The summed E-state index contributed by atoms with van der Waals surface area (Å²) in [7, 11) is 0. The minimum Gasteiger partial charge on any atom is -0.272 e. The molecule has 0 aliphatic heterocycles. The third-order valence-electron chi connectivity index (χ3n) is 3.74. The van der Waals surface area contributed by atoms with Crippen molar-refractivity contribution in [2.24, 2.45) is 16.7 Å². The van der Waals surface area contributed by atoms with Crippen molar-refractivity contribution < 1.29 is 9.63 Å². The van der Waals surface area contributed by atoms with Crippen molar-refractivity contribution in [3.63, 3.8) is 0 Å². The van der Waals surface area contributed by atoms with Crippen LogP contribution >= 0.6 is 0 Å². The fraction of sp³-hybridized carbons (Fsp3) is 0.917. The number of hydroxylamine groups is 1. The van der Waals surface area contributed by atoms with Crippen LogP contribution in [0.15, 0.2) is 0 Å². The smallest absolute Gasteiger partial charge is 0.247 e. The van der Waals surface area contributed by atoms with Crippen molar-refractivity contribution in [2.45, 2.75) is 54.1 Å². The van der Waals surface area contributed by atoms with Gasteiger partial charge < -0.3 is 0 Å². The quantitative estimate of drug-likeness (QED) is 0.716. The van der Waals surface area contributed by atoms with Crippen LogP contribution in [0.25, 0.3) is 0 Å². The van der Waals surface area contributed by atoms with Gasteiger partial charge in [-0.25, -0.2) is 5.48 Å². The maximum absolute atomic E-state index is 11.8. The molecule has 1 N–H and O–H groups in total. The van der Waals surface area contributed by atoms with E-state index in [0.29, 0.717) is 0 Å². The van der Waals surface area contributed by atoms with Crippen LogP contribution in [0, 0.1) is 16.7 Å². The predicted molar refractivity (Wildman–Crippen MR) is 60.0 cm³/mol. The van der Waals surface area contributed by atoms with Gasteiger partial charge in [-0.2, -0.15) is 0 Å². The summed E-state index contributed by atoms with van der Waals surface area (Å²) in [6, 6.07) is 0. The minimum atomic E-state index is -0.334. The van der Waals surface area contributed by atoms with Gasteiger partial charge in [0.15, 0.2) is 0 Å². The molecule has 0 radical (unpaired) electrons. The van der Waals surface area contributed by atoms with Crippen molar-refractivity contribution in [3.8, 4) is 0 Å². The molecule has 1 aliphatic rings. The molecule has 0 spiro atoms. The van der Waals surface area contributed by atoms with Crippen LogP contribution in [-0.4, -0.2) is 11.5 Å². The van der Waals surface area contributed by atoms with Crippen LogP contribution in [-0.2, 0) is 9.63 Å². The Morgan fingerprint density at radius 2 is 1.53 bits per heavy atom. The molecule has 1 saturated carbocycles. The molecule has 3 nitrogen and oxygen atoms in total. The van der Waals surface area contributed by atoms with Gasteiger partial charge in [-0.3, -0.25) is 9.63 Å². The molecule has 1 fully saturated rings. The van der Waals surface area contributed by atoms with Gasteiger partial charge in [0, 0.05) is 0 Å². The number of carbonyl (C=O) groups excluding carboxylic acids is 1. The SMILES string of the molecule is CC(C)(C)ONC(=O)C1C(C)(C)C1(C)C. The van der Waals surface area contributed by atoms with Gasteiger partial charge in [0.2, 0.25) is 5.91 Å². The first kappa shape index (κ1) is 12.5. The average Bonchev–Trinajstić information content (AvgIpc) is 2.37. The molecule has 0 aromatic carbocycles. The van der Waals surface area contributed by atoms with Gasteiger partial charge in [-0.05, 0) is 31.6 Å². The lowest BCUT2D eigenvalue weighted by atomic mass is 10.0. The maximum Gasteiger partial charge on any atom is 0.247 e. The third kappa shape index (κ3) is 2.17. The standard InChI is InChI=1S/C12H23NO2/c1-10(2,3)15-13-9(14)8-11(4,5)12(8,6)7/h8H,1-7H3,(H,13,14). The first-order chi connectivity index (χ1) is 6.50. The summed E-state index contributed by atoms with van der Waals surface area (Å²) in [6.45, 7) is 14.2. The summed E-state index contributed by atoms with van der Waals surface area (Å²) in [5.74, 6) is 0.0484. The van der Waals surface area contributed by atoms with E-state index in [4.69, 9.17) is 4.84 Å². The largest absolute Gasteiger partial charge is 0.272 e. The highest BCUT2D eigenvalue weighted by molar-refractivity contribution is 5.83. The van der Waals surface area contributed by atoms with E-state index in [9.17, 15) is 4.79 Å². The fourth-order valence-electron chi connectivity index (χ4n) is 2.11. The van der Waals surface area contributed by atoms with E-state index >= 15 is 0 Å². The number of rotatable bonds is 2. The summed E-state index contributed by atoms with van der Waals surface area (Å²) in [6.07, 6.45) is 0. The Kier molecular flexibility index (Phi) is 2.67. The number of hydrogen-bond acceptors (Lipinski definition) is 2. The van der Waals surface area contributed by atoms with Gasteiger partial charge >= 0.3 is 0 Å². The summed E-state index contributed by atoms with van der Waals surface area (Å²) in [5, 5.41) is 0. The van der Waals surface area contributed by atoms with Crippen molar-refractivity contribution in [1.82, 2.24) is 5.48 Å². The second kappa shape index (κ2) is 3.21. The average molecular weight is 213 g/mol. The normalized spacial score (nSPS) is 23.7. The Labute approximate surface area is 92.5 Å². The molecular weight excluding hydrogens is 190 g/mol. The highest BCUT2D eigenvalue weighted by atomic mass is 16.7. The highest BCUT2D eigenvalue weighted by Gasteiger charge is 2.68. The zero-order chi connectivity index (χ0) is 12.1. The van der Waals surface area contributed by atoms with E-state index in [0.717, 1.165) is 0 Å². The van der Waals surface area contributed by atoms with Gasteiger partial charge in [0.25, 0.3) is 0 Å². The van der Waals surface area contributed by atoms with Crippen LogP contribution in [0.5, 0.6) is 0 Å². The summed E-state index contributed by atoms with van der Waals surface area (Å²) < 4.78 is 0. The van der Waals surface area contributed by atoms with E-state index in [1.54, 1.807) is 0 Å². The molecule has 0 heterocycles. The van der Waals surface area contributed by atoms with Gasteiger partial charge in [0.05, 0.1) is 11.5 Å². The first-order valence-electron chi connectivity index (χ1n) is 5.48. The first-order valence-corrected chi connectivity index (χ1v) is 5.48. The van der Waals surface area contributed by atoms with Crippen molar-refractivity contribution in [2.75, 3.05) is 0 Å². The Hall–Kier alpha value is -0.570. The Balaban J connectivity index is 2.52. The van der Waals surface area contributed by atoms with Crippen LogP contribution < -0.4 is 5.48 Å². The summed E-state index contributed by atoms with van der Waals surface area (Å²) in [4.78, 5) is 17.1. The topological polar surface area (TPSA) is 38.3 Å². The van der Waals surface area contributed by atoms with E-state index in [1.807, 2.05) is 20.8 Å². The van der Waals surface area contributed by atoms with Crippen molar-refractivity contribution in [1.29, 1.82) is 0 Å². The maximum atomic E-state index is 11.8. The highest BCUT2D eigenvalue weighted by Crippen LogP contribution is 2.68. The molecular formula is C12H23NO2.